The van der Waals surface area contributed by atoms with Crippen LogP contribution in [0.4, 0.5) is 0 Å². The van der Waals surface area contributed by atoms with Gasteiger partial charge in [-0.15, -0.1) is 11.3 Å². The van der Waals surface area contributed by atoms with E-state index in [0.29, 0.717) is 24.5 Å². The molecule has 1 aromatic carbocycles. The third-order valence-electron chi connectivity index (χ3n) is 3.39. The molecule has 1 aromatic heterocycles. The smallest absolute Gasteiger partial charge is 0.261 e. The third-order valence-corrected chi connectivity index (χ3v) is 5.03. The summed E-state index contributed by atoms with van der Waals surface area (Å²) in [5, 5.41) is 13.9. The van der Waals surface area contributed by atoms with Crippen LogP contribution in [0.5, 0.6) is 11.5 Å². The Bertz CT molecular complexity index is 824. The van der Waals surface area contributed by atoms with Gasteiger partial charge in [-0.25, -0.2) is 0 Å². The second kappa shape index (κ2) is 9.25. The SMILES string of the molecule is COc1ccc(CCNC(=O)/C(C#N)=C/c2cc(Br)cs2)cc1OC. The average molecular weight is 421 g/mol. The van der Waals surface area contributed by atoms with Gasteiger partial charge in [-0.1, -0.05) is 6.07 Å². The van der Waals surface area contributed by atoms with E-state index in [2.05, 4.69) is 21.2 Å². The van der Waals surface area contributed by atoms with Crippen molar-refractivity contribution in [1.82, 2.24) is 5.32 Å². The molecule has 0 fully saturated rings. The summed E-state index contributed by atoms with van der Waals surface area (Å²) in [5.74, 6) is 0.923. The summed E-state index contributed by atoms with van der Waals surface area (Å²) < 4.78 is 11.4. The summed E-state index contributed by atoms with van der Waals surface area (Å²) in [6.45, 7) is 0.418. The molecule has 0 saturated carbocycles. The molecule has 0 spiro atoms. The van der Waals surface area contributed by atoms with E-state index in [0.717, 1.165) is 14.9 Å². The van der Waals surface area contributed by atoms with E-state index in [1.807, 2.05) is 35.7 Å². The van der Waals surface area contributed by atoms with Crippen molar-refractivity contribution in [3.63, 3.8) is 0 Å². The first-order valence-corrected chi connectivity index (χ1v) is 9.09. The number of hydrogen-bond acceptors (Lipinski definition) is 5. The molecule has 2 aromatic rings. The van der Waals surface area contributed by atoms with Crippen LogP contribution in [0.3, 0.4) is 0 Å². The Morgan fingerprint density at radius 3 is 2.68 bits per heavy atom. The quantitative estimate of drug-likeness (QED) is 0.546. The second-order valence-electron chi connectivity index (χ2n) is 5.03. The number of carbonyl (C=O) groups is 1. The lowest BCUT2D eigenvalue weighted by atomic mass is 10.1. The monoisotopic (exact) mass is 420 g/mol. The highest BCUT2D eigenvalue weighted by Crippen LogP contribution is 2.27. The van der Waals surface area contributed by atoms with Gasteiger partial charge < -0.3 is 14.8 Å². The Balaban J connectivity index is 1.95. The van der Waals surface area contributed by atoms with Crippen molar-refractivity contribution < 1.29 is 14.3 Å². The van der Waals surface area contributed by atoms with E-state index in [4.69, 9.17) is 9.47 Å². The molecule has 0 radical (unpaired) electrons. The fraction of sp³-hybridized carbons (Fsp3) is 0.222. The van der Waals surface area contributed by atoms with Crippen molar-refractivity contribution in [3.8, 4) is 17.6 Å². The van der Waals surface area contributed by atoms with E-state index in [1.54, 1.807) is 20.3 Å². The molecule has 0 unspecified atom stereocenters. The molecular formula is C18H17BrN2O3S. The zero-order chi connectivity index (χ0) is 18.2. The number of nitriles is 1. The van der Waals surface area contributed by atoms with Gasteiger partial charge in [0.2, 0.25) is 0 Å². The number of ether oxygens (including phenoxy) is 2. The molecule has 0 aliphatic heterocycles. The predicted octanol–water partition coefficient (Wildman–Crippen LogP) is 3.79. The number of benzene rings is 1. The Kier molecular flexibility index (Phi) is 7.04. The van der Waals surface area contributed by atoms with Crippen LogP contribution in [-0.2, 0) is 11.2 Å². The van der Waals surface area contributed by atoms with Crippen LogP contribution >= 0.6 is 27.3 Å². The minimum absolute atomic E-state index is 0.0849. The van der Waals surface area contributed by atoms with Gasteiger partial charge in [0.05, 0.1) is 14.2 Å². The van der Waals surface area contributed by atoms with Crippen molar-refractivity contribution in [2.24, 2.45) is 0 Å². The molecule has 0 aliphatic carbocycles. The summed E-state index contributed by atoms with van der Waals surface area (Å²) in [5.41, 5.74) is 1.09. The van der Waals surface area contributed by atoms with Crippen LogP contribution in [0, 0.1) is 11.3 Å². The van der Waals surface area contributed by atoms with Crippen molar-refractivity contribution >= 4 is 39.2 Å². The molecule has 5 nitrogen and oxygen atoms in total. The van der Waals surface area contributed by atoms with Gasteiger partial charge in [-0.2, -0.15) is 5.26 Å². The molecule has 0 aliphatic rings. The number of methoxy groups -OCH3 is 2. The highest BCUT2D eigenvalue weighted by atomic mass is 79.9. The number of nitrogens with one attached hydrogen (secondary N) is 1. The highest BCUT2D eigenvalue weighted by molar-refractivity contribution is 9.10. The Labute approximate surface area is 159 Å². The van der Waals surface area contributed by atoms with Gasteiger partial charge in [-0.3, -0.25) is 4.79 Å². The maximum Gasteiger partial charge on any atom is 0.261 e. The Morgan fingerprint density at radius 2 is 2.08 bits per heavy atom. The van der Waals surface area contributed by atoms with E-state index < -0.39 is 0 Å². The van der Waals surface area contributed by atoms with Crippen LogP contribution in [0.25, 0.3) is 6.08 Å². The molecule has 25 heavy (non-hydrogen) atoms. The lowest BCUT2D eigenvalue weighted by Crippen LogP contribution is -2.26. The number of amides is 1. The van der Waals surface area contributed by atoms with Crippen molar-refractivity contribution in [2.45, 2.75) is 6.42 Å². The number of thiophene rings is 1. The molecule has 1 heterocycles. The summed E-state index contributed by atoms with van der Waals surface area (Å²) in [7, 11) is 3.16. The number of halogens is 1. The molecule has 2 rings (SSSR count). The van der Waals surface area contributed by atoms with Crippen molar-refractivity contribution in [2.75, 3.05) is 20.8 Å². The fourth-order valence-corrected chi connectivity index (χ4v) is 3.52. The predicted molar refractivity (Wildman–Crippen MR) is 102 cm³/mol. The van der Waals surface area contributed by atoms with Crippen LogP contribution in [0.2, 0.25) is 0 Å². The largest absolute Gasteiger partial charge is 0.493 e. The number of nitrogens with zero attached hydrogens (tertiary/aromatic N) is 1. The number of carbonyl (C=O) groups excluding carboxylic acids is 1. The first-order chi connectivity index (χ1) is 12.1. The van der Waals surface area contributed by atoms with Crippen LogP contribution in [-0.4, -0.2) is 26.7 Å². The van der Waals surface area contributed by atoms with Gasteiger partial charge >= 0.3 is 0 Å². The standard InChI is InChI=1S/C18H17BrN2O3S/c1-23-16-4-3-12(7-17(16)24-2)5-6-21-18(22)13(10-20)8-15-9-14(19)11-25-15/h3-4,7-9,11H,5-6H2,1-2H3,(H,21,22)/b13-8+. The minimum Gasteiger partial charge on any atom is -0.493 e. The Hall–Kier alpha value is -2.30. The van der Waals surface area contributed by atoms with E-state index in [-0.39, 0.29) is 11.5 Å². The van der Waals surface area contributed by atoms with E-state index in [9.17, 15) is 10.1 Å². The van der Waals surface area contributed by atoms with Crippen LogP contribution in [0.15, 0.2) is 39.7 Å². The lowest BCUT2D eigenvalue weighted by Gasteiger charge is -2.10. The van der Waals surface area contributed by atoms with Crippen LogP contribution in [0.1, 0.15) is 10.4 Å². The summed E-state index contributed by atoms with van der Waals surface area (Å²) >= 11 is 4.81. The van der Waals surface area contributed by atoms with Crippen molar-refractivity contribution in [3.05, 3.63) is 50.1 Å². The van der Waals surface area contributed by atoms with E-state index in [1.165, 1.54) is 11.3 Å². The molecule has 0 saturated heterocycles. The van der Waals surface area contributed by atoms with Crippen LogP contribution < -0.4 is 14.8 Å². The zero-order valence-corrected chi connectivity index (χ0v) is 16.2. The van der Waals surface area contributed by atoms with E-state index >= 15 is 0 Å². The summed E-state index contributed by atoms with van der Waals surface area (Å²) in [4.78, 5) is 13.0. The molecular weight excluding hydrogens is 404 g/mol. The lowest BCUT2D eigenvalue weighted by molar-refractivity contribution is -0.117. The number of hydrogen-bond donors (Lipinski definition) is 1. The normalized spacial score (nSPS) is 10.9. The highest BCUT2D eigenvalue weighted by Gasteiger charge is 2.10. The van der Waals surface area contributed by atoms with Gasteiger partial charge in [0.15, 0.2) is 11.5 Å². The molecule has 0 bridgehead atoms. The zero-order valence-electron chi connectivity index (χ0n) is 13.8. The second-order valence-corrected chi connectivity index (χ2v) is 6.89. The first-order valence-electron chi connectivity index (χ1n) is 7.42. The fourth-order valence-electron chi connectivity index (χ4n) is 2.15. The molecule has 1 N–H and O–H groups in total. The third kappa shape index (κ3) is 5.34. The molecule has 7 heteroatoms. The topological polar surface area (TPSA) is 71.3 Å². The van der Waals surface area contributed by atoms with Gasteiger partial charge in [0.1, 0.15) is 11.6 Å². The summed E-state index contributed by atoms with van der Waals surface area (Å²) in [6.07, 6.45) is 2.20. The minimum atomic E-state index is -0.382. The maximum atomic E-state index is 12.1. The molecule has 1 amide bonds. The first kappa shape index (κ1) is 19.0. The average Bonchev–Trinajstić information content (AvgIpc) is 3.04. The molecule has 130 valence electrons. The number of rotatable bonds is 7. The Morgan fingerprint density at radius 1 is 1.32 bits per heavy atom. The van der Waals surface area contributed by atoms with Gasteiger partial charge in [-0.05, 0) is 52.2 Å². The van der Waals surface area contributed by atoms with Crippen molar-refractivity contribution in [1.29, 1.82) is 5.26 Å². The maximum absolute atomic E-state index is 12.1. The summed E-state index contributed by atoms with van der Waals surface area (Å²) in [6, 6.07) is 9.41. The van der Waals surface area contributed by atoms with Gasteiger partial charge in [0, 0.05) is 21.3 Å². The molecule has 0 atom stereocenters. The van der Waals surface area contributed by atoms with Gasteiger partial charge in [0.25, 0.3) is 5.91 Å².